The molecule has 31 heavy (non-hydrogen) atoms. The van der Waals surface area contributed by atoms with Gasteiger partial charge in [0, 0.05) is 11.3 Å². The second kappa shape index (κ2) is 9.54. The van der Waals surface area contributed by atoms with Crippen molar-refractivity contribution >= 4 is 67.3 Å². The Morgan fingerprint density at radius 3 is 2.58 bits per heavy atom. The Labute approximate surface area is 191 Å². The molecule has 0 saturated heterocycles. The normalized spacial score (nSPS) is 10.9. The van der Waals surface area contributed by atoms with Crippen molar-refractivity contribution in [2.75, 3.05) is 16.4 Å². The van der Waals surface area contributed by atoms with Gasteiger partial charge in [-0.2, -0.15) is 0 Å². The number of hydrogen-bond acceptors (Lipinski definition) is 8. The van der Waals surface area contributed by atoms with Crippen LogP contribution in [0.15, 0.2) is 46.8 Å². The lowest BCUT2D eigenvalue weighted by molar-refractivity contribution is -0.113. The number of carbonyl (C=O) groups is 2. The molecular formula is C21H19N5O2S3. The maximum atomic E-state index is 12.4. The number of thioether (sulfide) groups is 1. The monoisotopic (exact) mass is 469 g/mol. The average molecular weight is 470 g/mol. The third-order valence-corrected chi connectivity index (χ3v) is 7.43. The molecule has 0 aliphatic heterocycles. The Bertz CT molecular complexity index is 1230. The minimum Gasteiger partial charge on any atom is -0.322 e. The molecule has 0 fully saturated rings. The highest BCUT2D eigenvalue weighted by Gasteiger charge is 2.12. The SMILES string of the molecule is CCc1nnc(NC(=O)CSc2nc3ccc(NC(=O)c4ccc(C)cc4)cc3s2)s1. The molecule has 0 radical (unpaired) electrons. The van der Waals surface area contributed by atoms with Gasteiger partial charge in [-0.15, -0.1) is 21.5 Å². The smallest absolute Gasteiger partial charge is 0.255 e. The first-order valence-electron chi connectivity index (χ1n) is 9.54. The Hall–Kier alpha value is -2.82. The maximum Gasteiger partial charge on any atom is 0.255 e. The predicted octanol–water partition coefficient (Wildman–Crippen LogP) is 5.00. The fraction of sp³-hybridized carbons (Fsp3) is 0.190. The number of nitrogens with one attached hydrogen (secondary N) is 2. The van der Waals surface area contributed by atoms with Gasteiger partial charge in [-0.3, -0.25) is 14.9 Å². The second-order valence-electron chi connectivity index (χ2n) is 6.67. The van der Waals surface area contributed by atoms with Gasteiger partial charge in [-0.25, -0.2) is 4.98 Å². The number of hydrogen-bond donors (Lipinski definition) is 2. The molecule has 0 unspecified atom stereocenters. The zero-order valence-electron chi connectivity index (χ0n) is 16.8. The number of nitrogens with zero attached hydrogens (tertiary/aromatic N) is 3. The molecule has 0 atom stereocenters. The van der Waals surface area contributed by atoms with E-state index in [1.807, 2.05) is 44.2 Å². The standard InChI is InChI=1S/C21H19N5O2S3/c1-3-18-25-26-20(31-18)24-17(27)11-29-21-23-15-9-8-14(10-16(15)30-21)22-19(28)13-6-4-12(2)5-7-13/h4-10H,3,11H2,1-2H3,(H,22,28)(H,24,26,27). The van der Waals surface area contributed by atoms with Gasteiger partial charge in [0.2, 0.25) is 11.0 Å². The number of rotatable bonds is 7. The van der Waals surface area contributed by atoms with Crippen LogP contribution in [0.25, 0.3) is 10.2 Å². The topological polar surface area (TPSA) is 96.9 Å². The molecule has 0 bridgehead atoms. The summed E-state index contributed by atoms with van der Waals surface area (Å²) in [5, 5.41) is 15.0. The molecule has 2 aromatic carbocycles. The van der Waals surface area contributed by atoms with E-state index in [4.69, 9.17) is 0 Å². The molecule has 4 rings (SSSR count). The summed E-state index contributed by atoms with van der Waals surface area (Å²) in [7, 11) is 0. The van der Waals surface area contributed by atoms with Crippen LogP contribution in [-0.2, 0) is 11.2 Å². The van der Waals surface area contributed by atoms with Gasteiger partial charge in [-0.05, 0) is 43.7 Å². The van der Waals surface area contributed by atoms with Crippen LogP contribution in [0.1, 0.15) is 27.9 Å². The van der Waals surface area contributed by atoms with Gasteiger partial charge in [0.25, 0.3) is 5.91 Å². The number of aryl methyl sites for hydroxylation is 2. The summed E-state index contributed by atoms with van der Waals surface area (Å²) < 4.78 is 1.74. The van der Waals surface area contributed by atoms with Crippen LogP contribution in [0.4, 0.5) is 10.8 Å². The Morgan fingerprint density at radius 1 is 1.03 bits per heavy atom. The van der Waals surface area contributed by atoms with E-state index in [9.17, 15) is 9.59 Å². The predicted molar refractivity (Wildman–Crippen MR) is 127 cm³/mol. The summed E-state index contributed by atoms with van der Waals surface area (Å²) in [6, 6.07) is 13.0. The number of thiazole rings is 1. The molecule has 0 aliphatic carbocycles. The molecule has 10 heteroatoms. The number of anilines is 2. The Kier molecular flexibility index (Phi) is 6.59. The van der Waals surface area contributed by atoms with Crippen molar-refractivity contribution in [1.82, 2.24) is 15.2 Å². The summed E-state index contributed by atoms with van der Waals surface area (Å²) in [6.45, 7) is 3.98. The zero-order chi connectivity index (χ0) is 21.8. The minimum atomic E-state index is -0.155. The van der Waals surface area contributed by atoms with Crippen LogP contribution in [0.3, 0.4) is 0 Å². The number of aromatic nitrogens is 3. The van der Waals surface area contributed by atoms with Crippen LogP contribution >= 0.6 is 34.4 Å². The van der Waals surface area contributed by atoms with Crippen molar-refractivity contribution in [3.8, 4) is 0 Å². The van der Waals surface area contributed by atoms with Crippen LogP contribution in [0.5, 0.6) is 0 Å². The van der Waals surface area contributed by atoms with E-state index in [0.717, 1.165) is 31.5 Å². The molecular weight excluding hydrogens is 450 g/mol. The molecule has 0 aliphatic rings. The molecule has 2 heterocycles. The summed E-state index contributed by atoms with van der Waals surface area (Å²) in [4.78, 5) is 29.2. The highest BCUT2D eigenvalue weighted by atomic mass is 32.2. The molecule has 4 aromatic rings. The third-order valence-electron chi connectivity index (χ3n) is 4.28. The van der Waals surface area contributed by atoms with Crippen molar-refractivity contribution in [1.29, 1.82) is 0 Å². The molecule has 2 aromatic heterocycles. The van der Waals surface area contributed by atoms with Crippen molar-refractivity contribution < 1.29 is 9.59 Å². The van der Waals surface area contributed by atoms with Gasteiger partial charge in [0.05, 0.1) is 16.0 Å². The largest absolute Gasteiger partial charge is 0.322 e. The lowest BCUT2D eigenvalue weighted by Gasteiger charge is -2.05. The third kappa shape index (κ3) is 5.46. The summed E-state index contributed by atoms with van der Waals surface area (Å²) in [5.41, 5.74) is 3.26. The fourth-order valence-corrected chi connectivity index (χ4v) is 5.28. The highest BCUT2D eigenvalue weighted by Crippen LogP contribution is 2.31. The first kappa shape index (κ1) is 21.4. The van der Waals surface area contributed by atoms with Gasteiger partial charge < -0.3 is 5.32 Å². The molecule has 0 saturated carbocycles. The lowest BCUT2D eigenvalue weighted by Crippen LogP contribution is -2.13. The van der Waals surface area contributed by atoms with E-state index in [-0.39, 0.29) is 17.6 Å². The fourth-order valence-electron chi connectivity index (χ4n) is 2.68. The second-order valence-corrected chi connectivity index (χ2v) is 9.99. The zero-order valence-corrected chi connectivity index (χ0v) is 19.3. The van der Waals surface area contributed by atoms with E-state index < -0.39 is 0 Å². The summed E-state index contributed by atoms with van der Waals surface area (Å²) in [6.07, 6.45) is 0.793. The maximum absolute atomic E-state index is 12.4. The first-order valence-corrected chi connectivity index (χ1v) is 12.2. The van der Waals surface area contributed by atoms with Crippen LogP contribution in [0, 0.1) is 6.92 Å². The minimum absolute atomic E-state index is 0.144. The summed E-state index contributed by atoms with van der Waals surface area (Å²) >= 11 is 4.24. The van der Waals surface area contributed by atoms with Gasteiger partial charge in [-0.1, -0.05) is 47.7 Å². The van der Waals surface area contributed by atoms with Gasteiger partial charge in [0.15, 0.2) is 4.34 Å². The average Bonchev–Trinajstić information content (AvgIpc) is 3.38. The molecule has 2 N–H and O–H groups in total. The van der Waals surface area contributed by atoms with Crippen LogP contribution in [-0.4, -0.2) is 32.7 Å². The van der Waals surface area contributed by atoms with Crippen molar-refractivity contribution in [2.24, 2.45) is 0 Å². The van der Waals surface area contributed by atoms with E-state index in [1.165, 1.54) is 34.4 Å². The lowest BCUT2D eigenvalue weighted by atomic mass is 10.1. The number of fused-ring (bicyclic) bond motifs is 1. The van der Waals surface area contributed by atoms with Crippen molar-refractivity contribution in [3.63, 3.8) is 0 Å². The van der Waals surface area contributed by atoms with Gasteiger partial charge in [0.1, 0.15) is 5.01 Å². The quantitative estimate of drug-likeness (QED) is 0.370. The van der Waals surface area contributed by atoms with Gasteiger partial charge >= 0.3 is 0 Å². The Balaban J connectivity index is 1.37. The van der Waals surface area contributed by atoms with E-state index in [0.29, 0.717) is 16.4 Å². The van der Waals surface area contributed by atoms with Crippen molar-refractivity contribution in [2.45, 2.75) is 24.6 Å². The van der Waals surface area contributed by atoms with Crippen LogP contribution in [0.2, 0.25) is 0 Å². The Morgan fingerprint density at radius 2 is 1.84 bits per heavy atom. The number of amides is 2. The molecule has 7 nitrogen and oxygen atoms in total. The van der Waals surface area contributed by atoms with Crippen LogP contribution < -0.4 is 10.6 Å². The van der Waals surface area contributed by atoms with Crippen molar-refractivity contribution in [3.05, 3.63) is 58.6 Å². The summed E-state index contributed by atoms with van der Waals surface area (Å²) in [5.74, 6) is -0.0649. The highest BCUT2D eigenvalue weighted by molar-refractivity contribution is 8.01. The molecule has 158 valence electrons. The van der Waals surface area contributed by atoms with E-state index >= 15 is 0 Å². The number of carbonyl (C=O) groups excluding carboxylic acids is 2. The molecule has 0 spiro atoms. The van der Waals surface area contributed by atoms with E-state index in [1.54, 1.807) is 12.1 Å². The molecule has 2 amide bonds. The number of benzene rings is 2. The van der Waals surface area contributed by atoms with E-state index in [2.05, 4.69) is 25.8 Å². The first-order chi connectivity index (χ1) is 15.0.